The zero-order valence-corrected chi connectivity index (χ0v) is 15.1. The Morgan fingerprint density at radius 1 is 0.880 bits per heavy atom. The second-order valence-electron chi connectivity index (χ2n) is 7.01. The highest BCUT2D eigenvalue weighted by molar-refractivity contribution is 5.15. The van der Waals surface area contributed by atoms with Gasteiger partial charge in [-0.3, -0.25) is 4.90 Å². The Hall–Kier alpha value is -1.68. The predicted octanol–water partition coefficient (Wildman–Crippen LogP) is 3.19. The van der Waals surface area contributed by atoms with E-state index in [1.807, 2.05) is 0 Å². The van der Waals surface area contributed by atoms with Gasteiger partial charge in [0.25, 0.3) is 0 Å². The predicted molar refractivity (Wildman–Crippen MR) is 104 cm³/mol. The summed E-state index contributed by atoms with van der Waals surface area (Å²) in [5.74, 6) is 0. The molecule has 3 heteroatoms. The lowest BCUT2D eigenvalue weighted by atomic mass is 10.1. The third-order valence-electron chi connectivity index (χ3n) is 5.16. The van der Waals surface area contributed by atoms with Gasteiger partial charge in [0, 0.05) is 38.8 Å². The highest BCUT2D eigenvalue weighted by atomic mass is 16.3. The van der Waals surface area contributed by atoms with Crippen LogP contribution in [0, 0.1) is 0 Å². The second kappa shape index (κ2) is 9.71. The van der Waals surface area contributed by atoms with Crippen molar-refractivity contribution >= 4 is 0 Å². The molecule has 1 aliphatic heterocycles. The van der Waals surface area contributed by atoms with Gasteiger partial charge >= 0.3 is 0 Å². The van der Waals surface area contributed by atoms with E-state index in [0.717, 1.165) is 45.6 Å². The molecule has 134 valence electrons. The van der Waals surface area contributed by atoms with Gasteiger partial charge in [-0.25, -0.2) is 0 Å². The topological polar surface area (TPSA) is 26.7 Å². The molecule has 1 heterocycles. The maximum atomic E-state index is 9.47. The zero-order valence-electron chi connectivity index (χ0n) is 15.1. The number of hydrogen-bond acceptors (Lipinski definition) is 3. The number of hydrogen-bond donors (Lipinski definition) is 1. The molecular weight excluding hydrogens is 308 g/mol. The highest BCUT2D eigenvalue weighted by Crippen LogP contribution is 2.17. The molecule has 0 aromatic heterocycles. The Bertz CT molecular complexity index is 602. The van der Waals surface area contributed by atoms with E-state index in [4.69, 9.17) is 0 Å². The maximum Gasteiger partial charge on any atom is 0.0446 e. The molecule has 0 unspecified atom stereocenters. The molecule has 0 amide bonds. The standard InChI is InChI=1S/C22H30N2O/c25-17-13-22-19-23(14-7-12-20-8-3-1-4-9-20)15-16-24(22)18-21-10-5-2-6-11-21/h1-6,8-11,22,25H,7,12-19H2/t22-/m0/s1. The molecule has 1 saturated heterocycles. The Morgan fingerprint density at radius 3 is 2.24 bits per heavy atom. The van der Waals surface area contributed by atoms with Gasteiger partial charge in [0.2, 0.25) is 0 Å². The van der Waals surface area contributed by atoms with E-state index in [9.17, 15) is 5.11 Å². The molecule has 1 N–H and O–H groups in total. The van der Waals surface area contributed by atoms with E-state index in [1.165, 1.54) is 17.5 Å². The maximum absolute atomic E-state index is 9.47. The smallest absolute Gasteiger partial charge is 0.0446 e. The quantitative estimate of drug-likeness (QED) is 0.801. The highest BCUT2D eigenvalue weighted by Gasteiger charge is 2.26. The van der Waals surface area contributed by atoms with E-state index >= 15 is 0 Å². The van der Waals surface area contributed by atoms with Crippen molar-refractivity contribution in [3.63, 3.8) is 0 Å². The van der Waals surface area contributed by atoms with Crippen LogP contribution in [0.5, 0.6) is 0 Å². The van der Waals surface area contributed by atoms with Crippen LogP contribution in [0.3, 0.4) is 0 Å². The lowest BCUT2D eigenvalue weighted by Gasteiger charge is -2.41. The van der Waals surface area contributed by atoms with Crippen molar-refractivity contribution in [3.05, 3.63) is 71.8 Å². The van der Waals surface area contributed by atoms with Gasteiger partial charge in [0.05, 0.1) is 0 Å². The Morgan fingerprint density at radius 2 is 1.56 bits per heavy atom. The van der Waals surface area contributed by atoms with Gasteiger partial charge in [-0.1, -0.05) is 60.7 Å². The van der Waals surface area contributed by atoms with E-state index in [2.05, 4.69) is 70.5 Å². The molecule has 1 atom stereocenters. The number of piperazine rings is 1. The third-order valence-corrected chi connectivity index (χ3v) is 5.16. The van der Waals surface area contributed by atoms with E-state index in [0.29, 0.717) is 6.04 Å². The summed E-state index contributed by atoms with van der Waals surface area (Å²) in [6, 6.07) is 21.9. The molecule has 25 heavy (non-hydrogen) atoms. The van der Waals surface area contributed by atoms with Crippen LogP contribution in [0.25, 0.3) is 0 Å². The summed E-state index contributed by atoms with van der Waals surface area (Å²) in [6.07, 6.45) is 3.21. The zero-order chi connectivity index (χ0) is 17.3. The summed E-state index contributed by atoms with van der Waals surface area (Å²) in [6.45, 7) is 5.70. The van der Waals surface area contributed by atoms with Crippen LogP contribution in [-0.4, -0.2) is 53.7 Å². The van der Waals surface area contributed by atoms with Crippen molar-refractivity contribution in [2.45, 2.75) is 31.8 Å². The fraction of sp³-hybridized carbons (Fsp3) is 0.455. The first-order valence-electron chi connectivity index (χ1n) is 9.50. The van der Waals surface area contributed by atoms with E-state index in [-0.39, 0.29) is 6.61 Å². The molecule has 0 aliphatic carbocycles. The molecular formula is C22H30N2O. The van der Waals surface area contributed by atoms with Crippen LogP contribution in [0.15, 0.2) is 60.7 Å². The summed E-state index contributed by atoms with van der Waals surface area (Å²) in [5, 5.41) is 9.47. The first-order valence-corrected chi connectivity index (χ1v) is 9.50. The van der Waals surface area contributed by atoms with Crippen molar-refractivity contribution in [2.75, 3.05) is 32.8 Å². The van der Waals surface area contributed by atoms with Gasteiger partial charge in [-0.15, -0.1) is 0 Å². The van der Waals surface area contributed by atoms with Gasteiger partial charge in [-0.05, 0) is 36.9 Å². The summed E-state index contributed by atoms with van der Waals surface area (Å²) >= 11 is 0. The average molecular weight is 338 g/mol. The van der Waals surface area contributed by atoms with Gasteiger partial charge in [0.1, 0.15) is 0 Å². The summed E-state index contributed by atoms with van der Waals surface area (Å²) in [5.41, 5.74) is 2.79. The largest absolute Gasteiger partial charge is 0.396 e. The lowest BCUT2D eigenvalue weighted by Crippen LogP contribution is -2.53. The van der Waals surface area contributed by atoms with Crippen LogP contribution in [0.2, 0.25) is 0 Å². The normalized spacial score (nSPS) is 19.2. The minimum Gasteiger partial charge on any atom is -0.396 e. The summed E-state index contributed by atoms with van der Waals surface area (Å²) in [7, 11) is 0. The van der Waals surface area contributed by atoms with Crippen LogP contribution in [0.4, 0.5) is 0 Å². The number of benzene rings is 2. The number of aliphatic hydroxyl groups excluding tert-OH is 1. The van der Waals surface area contributed by atoms with Crippen molar-refractivity contribution < 1.29 is 5.11 Å². The number of aliphatic hydroxyl groups is 1. The Kier molecular flexibility index (Phi) is 7.04. The minimum absolute atomic E-state index is 0.272. The monoisotopic (exact) mass is 338 g/mol. The molecule has 0 radical (unpaired) electrons. The van der Waals surface area contributed by atoms with E-state index < -0.39 is 0 Å². The van der Waals surface area contributed by atoms with Gasteiger partial charge < -0.3 is 10.0 Å². The summed E-state index contributed by atoms with van der Waals surface area (Å²) in [4.78, 5) is 5.12. The second-order valence-corrected chi connectivity index (χ2v) is 7.01. The van der Waals surface area contributed by atoms with Crippen LogP contribution in [-0.2, 0) is 13.0 Å². The average Bonchev–Trinajstić information content (AvgIpc) is 2.66. The molecule has 2 aromatic carbocycles. The van der Waals surface area contributed by atoms with Crippen molar-refractivity contribution in [1.29, 1.82) is 0 Å². The van der Waals surface area contributed by atoms with Gasteiger partial charge in [-0.2, -0.15) is 0 Å². The van der Waals surface area contributed by atoms with Crippen molar-refractivity contribution in [1.82, 2.24) is 9.80 Å². The number of nitrogens with zero attached hydrogens (tertiary/aromatic N) is 2. The molecule has 2 aromatic rings. The third kappa shape index (κ3) is 5.67. The minimum atomic E-state index is 0.272. The van der Waals surface area contributed by atoms with E-state index in [1.54, 1.807) is 0 Å². The summed E-state index contributed by atoms with van der Waals surface area (Å²) < 4.78 is 0. The van der Waals surface area contributed by atoms with Gasteiger partial charge in [0.15, 0.2) is 0 Å². The molecule has 3 rings (SSSR count). The molecule has 3 nitrogen and oxygen atoms in total. The van der Waals surface area contributed by atoms with Crippen molar-refractivity contribution in [3.8, 4) is 0 Å². The fourth-order valence-corrected chi connectivity index (χ4v) is 3.76. The van der Waals surface area contributed by atoms with Crippen LogP contribution >= 0.6 is 0 Å². The Labute approximate surface area is 151 Å². The number of aryl methyl sites for hydroxylation is 1. The van der Waals surface area contributed by atoms with Crippen molar-refractivity contribution in [2.24, 2.45) is 0 Å². The molecule has 0 bridgehead atoms. The Balaban J connectivity index is 1.48. The van der Waals surface area contributed by atoms with Crippen LogP contribution in [0.1, 0.15) is 24.0 Å². The first kappa shape index (κ1) is 18.1. The molecule has 0 spiro atoms. The lowest BCUT2D eigenvalue weighted by molar-refractivity contribution is 0.0533. The molecule has 0 saturated carbocycles. The number of rotatable bonds is 8. The molecule has 1 fully saturated rings. The SMILES string of the molecule is OCC[C@H]1CN(CCCc2ccccc2)CCN1Cc1ccccc1. The molecule has 1 aliphatic rings. The van der Waals surface area contributed by atoms with Crippen LogP contribution < -0.4 is 0 Å². The first-order chi connectivity index (χ1) is 12.3. The fourth-order valence-electron chi connectivity index (χ4n) is 3.76.